The minimum absolute atomic E-state index is 0.00261. The minimum Gasteiger partial charge on any atom is -0.450 e. The summed E-state index contributed by atoms with van der Waals surface area (Å²) >= 11 is 3.11. The van der Waals surface area contributed by atoms with Crippen LogP contribution in [0.25, 0.3) is 0 Å². The summed E-state index contributed by atoms with van der Waals surface area (Å²) in [4.78, 5) is 2.39. The Morgan fingerprint density at radius 1 is 1.48 bits per heavy atom. The van der Waals surface area contributed by atoms with E-state index in [1.165, 1.54) is 10.4 Å². The van der Waals surface area contributed by atoms with Crippen LogP contribution in [0.15, 0.2) is 20.0 Å². The molecule has 2 rings (SSSR count). The molecule has 0 spiro atoms. The molecule has 1 aromatic rings. The van der Waals surface area contributed by atoms with E-state index in [-0.39, 0.29) is 28.0 Å². The summed E-state index contributed by atoms with van der Waals surface area (Å²) in [6.45, 7) is 4.60. The summed E-state index contributed by atoms with van der Waals surface area (Å²) in [6.07, 6.45) is 1.65. The third-order valence-electron chi connectivity index (χ3n) is 4.04. The second kappa shape index (κ2) is 6.78. The van der Waals surface area contributed by atoms with Crippen LogP contribution in [-0.4, -0.2) is 55.5 Å². The molecule has 1 saturated heterocycles. The van der Waals surface area contributed by atoms with E-state index in [0.29, 0.717) is 0 Å². The Hall–Kier alpha value is -0.410. The number of piperidine rings is 1. The van der Waals surface area contributed by atoms with E-state index in [2.05, 4.69) is 27.8 Å². The molecule has 0 radical (unpaired) electrons. The molecule has 6 nitrogen and oxygen atoms in total. The Kier molecular flexibility index (Phi) is 5.48. The monoisotopic (exact) mass is 380 g/mol. The molecule has 0 amide bonds. The number of aliphatic hydroxyl groups is 1. The zero-order valence-corrected chi connectivity index (χ0v) is 14.7. The predicted molar refractivity (Wildman–Crippen MR) is 82.4 cm³/mol. The van der Waals surface area contributed by atoms with Crippen molar-refractivity contribution in [1.29, 1.82) is 0 Å². The largest absolute Gasteiger partial charge is 0.450 e. The van der Waals surface area contributed by atoms with E-state index in [1.54, 1.807) is 7.05 Å². The van der Waals surface area contributed by atoms with Crippen LogP contribution in [0.1, 0.15) is 25.5 Å². The van der Waals surface area contributed by atoms with Gasteiger partial charge in [-0.3, -0.25) is 0 Å². The first kappa shape index (κ1) is 17.0. The molecule has 1 aliphatic rings. The Balaban J connectivity index is 2.17. The van der Waals surface area contributed by atoms with E-state index < -0.39 is 10.0 Å². The van der Waals surface area contributed by atoms with Crippen LogP contribution in [0, 0.1) is 0 Å². The smallest absolute Gasteiger partial charge is 0.247 e. The summed E-state index contributed by atoms with van der Waals surface area (Å²) in [6, 6.07) is 1.37. The van der Waals surface area contributed by atoms with Gasteiger partial charge in [-0.2, -0.15) is 4.31 Å². The molecule has 1 N–H and O–H groups in total. The molecule has 1 aromatic heterocycles. The van der Waals surface area contributed by atoms with Gasteiger partial charge in [-0.25, -0.2) is 8.42 Å². The highest BCUT2D eigenvalue weighted by Crippen LogP contribution is 2.30. The zero-order valence-electron chi connectivity index (χ0n) is 12.2. The first-order chi connectivity index (χ1) is 9.90. The zero-order chi connectivity index (χ0) is 15.6. The average molecular weight is 381 g/mol. The number of likely N-dealkylation sites (tertiary alicyclic amines) is 1. The number of hydrogen-bond acceptors (Lipinski definition) is 5. The first-order valence-corrected chi connectivity index (χ1v) is 9.23. The van der Waals surface area contributed by atoms with Crippen LogP contribution < -0.4 is 0 Å². The molecule has 0 aromatic carbocycles. The fourth-order valence-electron chi connectivity index (χ4n) is 2.60. The van der Waals surface area contributed by atoms with Crippen molar-refractivity contribution in [3.8, 4) is 0 Å². The number of rotatable bonds is 5. The second-order valence-corrected chi connectivity index (χ2v) is 7.88. The maximum absolute atomic E-state index is 12.7. The normalized spacial score (nSPS) is 18.5. The van der Waals surface area contributed by atoms with E-state index in [4.69, 9.17) is 9.52 Å². The van der Waals surface area contributed by atoms with Gasteiger partial charge in [0.25, 0.3) is 0 Å². The quantitative estimate of drug-likeness (QED) is 0.840. The molecule has 21 heavy (non-hydrogen) atoms. The van der Waals surface area contributed by atoms with Gasteiger partial charge in [0.1, 0.15) is 17.3 Å². The SMILES string of the molecule is CCN1CCC(N(C)S(=O)(=O)c2cc(CO)oc2Br)CC1. The summed E-state index contributed by atoms with van der Waals surface area (Å²) in [7, 11) is -2.01. The molecule has 0 saturated carbocycles. The molecule has 2 heterocycles. The molecule has 8 heteroatoms. The fourth-order valence-corrected chi connectivity index (χ4v) is 4.98. The summed E-state index contributed by atoms with van der Waals surface area (Å²) in [5.41, 5.74) is 0. The standard InChI is InChI=1S/C13H21BrN2O4S/c1-3-16-6-4-10(5-7-16)15(2)21(18,19)12-8-11(9-17)20-13(12)14/h8,10,17H,3-7,9H2,1-2H3. The van der Waals surface area contributed by atoms with Gasteiger partial charge in [-0.1, -0.05) is 6.92 Å². The first-order valence-electron chi connectivity index (χ1n) is 6.99. The molecule has 0 bridgehead atoms. The molecule has 120 valence electrons. The third-order valence-corrected chi connectivity index (χ3v) is 6.80. The highest BCUT2D eigenvalue weighted by atomic mass is 79.9. The highest BCUT2D eigenvalue weighted by molar-refractivity contribution is 9.10. The minimum atomic E-state index is -3.62. The lowest BCUT2D eigenvalue weighted by Gasteiger charge is -2.35. The van der Waals surface area contributed by atoms with E-state index >= 15 is 0 Å². The van der Waals surface area contributed by atoms with E-state index in [1.807, 2.05) is 0 Å². The summed E-state index contributed by atoms with van der Waals surface area (Å²) in [5.74, 6) is 0.231. The summed E-state index contributed by atoms with van der Waals surface area (Å²) < 4.78 is 32.1. The molecular formula is C13H21BrN2O4S. The molecule has 1 aliphatic heterocycles. The number of sulfonamides is 1. The Morgan fingerprint density at radius 2 is 2.10 bits per heavy atom. The Labute approximate surface area is 133 Å². The van der Waals surface area contributed by atoms with Crippen LogP contribution in [0.5, 0.6) is 0 Å². The molecule has 1 fully saturated rings. The highest BCUT2D eigenvalue weighted by Gasteiger charge is 2.33. The average Bonchev–Trinajstić information content (AvgIpc) is 2.88. The van der Waals surface area contributed by atoms with Gasteiger partial charge in [0, 0.05) is 19.2 Å². The number of furan rings is 1. The van der Waals surface area contributed by atoms with Crippen LogP contribution in [-0.2, 0) is 16.6 Å². The number of nitrogens with zero attached hydrogens (tertiary/aromatic N) is 2. The van der Waals surface area contributed by atoms with Crippen molar-refractivity contribution >= 4 is 26.0 Å². The van der Waals surface area contributed by atoms with Crippen molar-refractivity contribution in [1.82, 2.24) is 9.21 Å². The van der Waals surface area contributed by atoms with E-state index in [9.17, 15) is 8.42 Å². The fraction of sp³-hybridized carbons (Fsp3) is 0.692. The van der Waals surface area contributed by atoms with Crippen molar-refractivity contribution in [2.45, 2.75) is 37.3 Å². The predicted octanol–water partition coefficient (Wildman–Crippen LogP) is 1.64. The lowest BCUT2D eigenvalue weighted by atomic mass is 10.1. The van der Waals surface area contributed by atoms with Crippen molar-refractivity contribution in [3.05, 3.63) is 16.5 Å². The molecule has 0 atom stereocenters. The Bertz CT molecular complexity index is 579. The molecule has 0 unspecified atom stereocenters. The van der Waals surface area contributed by atoms with Crippen LogP contribution in [0.4, 0.5) is 0 Å². The molecule has 0 aliphatic carbocycles. The van der Waals surface area contributed by atoms with Crippen LogP contribution in [0.2, 0.25) is 0 Å². The van der Waals surface area contributed by atoms with Gasteiger partial charge in [0.05, 0.1) is 0 Å². The topological polar surface area (TPSA) is 74.0 Å². The van der Waals surface area contributed by atoms with Crippen molar-refractivity contribution in [3.63, 3.8) is 0 Å². The van der Waals surface area contributed by atoms with Gasteiger partial charge in [0.2, 0.25) is 10.0 Å². The van der Waals surface area contributed by atoms with Crippen molar-refractivity contribution in [2.75, 3.05) is 26.7 Å². The van der Waals surface area contributed by atoms with Crippen molar-refractivity contribution < 1.29 is 17.9 Å². The van der Waals surface area contributed by atoms with Gasteiger partial charge in [-0.15, -0.1) is 0 Å². The third kappa shape index (κ3) is 3.50. The van der Waals surface area contributed by atoms with Gasteiger partial charge in [0.15, 0.2) is 4.67 Å². The van der Waals surface area contributed by atoms with E-state index in [0.717, 1.165) is 32.5 Å². The lowest BCUT2D eigenvalue weighted by Crippen LogP contribution is -2.45. The molecular weight excluding hydrogens is 360 g/mol. The van der Waals surface area contributed by atoms with Crippen molar-refractivity contribution in [2.24, 2.45) is 0 Å². The number of hydrogen-bond donors (Lipinski definition) is 1. The maximum Gasteiger partial charge on any atom is 0.247 e. The van der Waals surface area contributed by atoms with Gasteiger partial charge in [-0.05, 0) is 48.4 Å². The van der Waals surface area contributed by atoms with Crippen LogP contribution in [0.3, 0.4) is 0 Å². The van der Waals surface area contributed by atoms with Crippen LogP contribution >= 0.6 is 15.9 Å². The lowest BCUT2D eigenvalue weighted by molar-refractivity contribution is 0.176. The number of halogens is 1. The Morgan fingerprint density at radius 3 is 2.57 bits per heavy atom. The summed E-state index contributed by atoms with van der Waals surface area (Å²) in [5, 5.41) is 9.06. The van der Waals surface area contributed by atoms with Gasteiger partial charge >= 0.3 is 0 Å². The maximum atomic E-state index is 12.7. The second-order valence-electron chi connectivity index (χ2n) is 5.20. The van der Waals surface area contributed by atoms with Gasteiger partial charge < -0.3 is 14.4 Å². The number of aliphatic hydroxyl groups excluding tert-OH is 1.